The van der Waals surface area contributed by atoms with E-state index in [2.05, 4.69) is 52.5 Å². The Hall–Kier alpha value is -3.38. The molecule has 3 N–H and O–H groups in total. The van der Waals surface area contributed by atoms with Gasteiger partial charge in [-0.3, -0.25) is 4.79 Å². The number of nitrogens with zero attached hydrogens (tertiary/aromatic N) is 2. The number of aromatic nitrogens is 1. The Morgan fingerprint density at radius 3 is 2.45 bits per heavy atom. The summed E-state index contributed by atoms with van der Waals surface area (Å²) in [6, 6.07) is 9.68. The molecule has 5 rings (SSSR count). The van der Waals surface area contributed by atoms with Crippen molar-refractivity contribution in [2.45, 2.75) is 50.0 Å². The third-order valence-corrected chi connectivity index (χ3v) is 9.03. The van der Waals surface area contributed by atoms with Crippen molar-refractivity contribution in [2.24, 2.45) is 5.92 Å². The Morgan fingerprint density at radius 1 is 1.14 bits per heavy atom. The highest BCUT2D eigenvalue weighted by molar-refractivity contribution is 7.13. The molecule has 1 saturated heterocycles. The van der Waals surface area contributed by atoms with E-state index in [1.54, 1.807) is 5.38 Å². The van der Waals surface area contributed by atoms with E-state index in [0.29, 0.717) is 36.7 Å². The molecule has 1 aromatic heterocycles. The molecule has 0 saturated carbocycles. The van der Waals surface area contributed by atoms with Crippen molar-refractivity contribution >= 4 is 28.5 Å². The first-order chi connectivity index (χ1) is 19.8. The van der Waals surface area contributed by atoms with Gasteiger partial charge in [-0.25, -0.2) is 4.98 Å². The Bertz CT molecular complexity index is 1450. The molecule has 1 aliphatic heterocycles. The lowest BCUT2D eigenvalue weighted by molar-refractivity contribution is -0.143. The van der Waals surface area contributed by atoms with Gasteiger partial charge in [0, 0.05) is 23.9 Å². The number of fused-ring (bicyclic) bond motifs is 2. The highest BCUT2D eigenvalue weighted by Crippen LogP contribution is 2.47. The molecule has 0 radical (unpaired) electrons. The van der Waals surface area contributed by atoms with Crippen LogP contribution in [0.3, 0.4) is 0 Å². The number of likely N-dealkylation sites (tertiary alicyclic amines) is 1. The first-order valence-corrected chi connectivity index (χ1v) is 14.4. The van der Waals surface area contributed by atoms with Crippen LogP contribution >= 0.6 is 11.3 Å². The van der Waals surface area contributed by atoms with Gasteiger partial charge in [-0.1, -0.05) is 43.3 Å². The van der Waals surface area contributed by atoms with E-state index in [-0.39, 0.29) is 22.2 Å². The molecule has 12 heteroatoms. The highest BCUT2D eigenvalue weighted by atomic mass is 32.1. The summed E-state index contributed by atoms with van der Waals surface area (Å²) in [5, 5.41) is 4.45. The van der Waals surface area contributed by atoms with Crippen molar-refractivity contribution in [3.63, 3.8) is 0 Å². The number of benzene rings is 2. The number of carbonyl (C=O) groups is 1. The van der Waals surface area contributed by atoms with Crippen LogP contribution in [-0.2, 0) is 29.1 Å². The summed E-state index contributed by atoms with van der Waals surface area (Å²) in [7, 11) is 0. The maximum absolute atomic E-state index is 13.3. The fraction of sp³-hybridized carbons (Fsp3) is 0.400. The number of hydrogen-bond acceptors (Lipinski definition) is 5. The number of rotatable bonds is 7. The number of hydrogen-bond donors (Lipinski definition) is 2. The molecule has 1 fully saturated rings. The number of thiazole rings is 1. The maximum atomic E-state index is 13.3. The highest BCUT2D eigenvalue weighted by Gasteiger charge is 2.43. The fourth-order valence-corrected chi connectivity index (χ4v) is 6.71. The minimum atomic E-state index is -4.97. The predicted molar refractivity (Wildman–Crippen MR) is 150 cm³/mol. The van der Waals surface area contributed by atoms with Crippen LogP contribution in [0, 0.1) is 5.92 Å². The van der Waals surface area contributed by atoms with E-state index < -0.39 is 41.8 Å². The van der Waals surface area contributed by atoms with Crippen molar-refractivity contribution in [3.8, 4) is 0 Å². The summed E-state index contributed by atoms with van der Waals surface area (Å²) in [5.41, 5.74) is 5.59. The second-order valence-corrected chi connectivity index (χ2v) is 11.9. The number of nitrogens with one attached hydrogen (secondary N) is 1. The molecule has 42 heavy (non-hydrogen) atoms. The first kappa shape index (κ1) is 30.1. The minimum Gasteiger partial charge on any atom is -0.375 e. The molecule has 2 heterocycles. The molecule has 1 spiro atoms. The second-order valence-electron chi connectivity index (χ2n) is 11.0. The number of allylic oxidation sites excluding steroid dienone is 1. The lowest BCUT2D eigenvalue weighted by Crippen LogP contribution is -2.48. The Labute approximate surface area is 243 Å². The molecule has 5 nitrogen and oxygen atoms in total. The van der Waals surface area contributed by atoms with E-state index in [1.165, 1.54) is 11.1 Å². The standard InChI is InChI=1S/C30H30F6N4OS/c1-18-16-40(11-9-28(18)8-6-20-4-2-3-5-24(20)28)10-7-23(25-17-42-27(37)39-25)26(41)38-15-19-12-21(29(31,32)33)14-22(13-19)30(34,35)36/h2-6,8,12-14,17-18,23H,7,9-11,15-16H2,1H3,(H2,37,39)(H,38,41)/t18-,23?,28?/m0/s1. The monoisotopic (exact) mass is 608 g/mol. The van der Waals surface area contributed by atoms with Gasteiger partial charge < -0.3 is 16.0 Å². The third kappa shape index (κ3) is 6.19. The summed E-state index contributed by atoms with van der Waals surface area (Å²) in [6.45, 7) is 3.88. The van der Waals surface area contributed by atoms with Gasteiger partial charge in [0.05, 0.1) is 22.7 Å². The van der Waals surface area contributed by atoms with E-state index >= 15 is 0 Å². The summed E-state index contributed by atoms with van der Waals surface area (Å²) in [5.74, 6) is -0.998. The molecular formula is C30H30F6N4OS. The summed E-state index contributed by atoms with van der Waals surface area (Å²) in [4.78, 5) is 19.8. The summed E-state index contributed by atoms with van der Waals surface area (Å²) < 4.78 is 79.7. The van der Waals surface area contributed by atoms with E-state index in [9.17, 15) is 31.1 Å². The zero-order valence-corrected chi connectivity index (χ0v) is 23.5. The number of anilines is 1. The van der Waals surface area contributed by atoms with E-state index in [0.717, 1.165) is 30.8 Å². The third-order valence-electron chi connectivity index (χ3n) is 8.34. The first-order valence-electron chi connectivity index (χ1n) is 13.5. The number of carbonyl (C=O) groups excluding carboxylic acids is 1. The normalized spacial score (nSPS) is 21.5. The van der Waals surface area contributed by atoms with Gasteiger partial charge in [-0.2, -0.15) is 26.3 Å². The van der Waals surface area contributed by atoms with Gasteiger partial charge in [-0.15, -0.1) is 11.3 Å². The zero-order chi connectivity index (χ0) is 30.3. The topological polar surface area (TPSA) is 71.2 Å². The van der Waals surface area contributed by atoms with Crippen molar-refractivity contribution < 1.29 is 31.1 Å². The Morgan fingerprint density at radius 2 is 1.83 bits per heavy atom. The van der Waals surface area contributed by atoms with E-state index in [1.807, 2.05) is 6.07 Å². The number of piperidine rings is 1. The lowest BCUT2D eigenvalue weighted by Gasteiger charge is -2.44. The van der Waals surface area contributed by atoms with Crippen LogP contribution in [0.1, 0.15) is 59.2 Å². The smallest absolute Gasteiger partial charge is 0.375 e. The van der Waals surface area contributed by atoms with Crippen LogP contribution in [-0.4, -0.2) is 35.4 Å². The molecule has 0 bridgehead atoms. The summed E-state index contributed by atoms with van der Waals surface area (Å²) in [6.07, 6.45) is -4.19. The second kappa shape index (κ2) is 11.4. The molecule has 2 unspecified atom stereocenters. The Kier molecular flexibility index (Phi) is 8.14. The van der Waals surface area contributed by atoms with E-state index in [4.69, 9.17) is 5.73 Å². The number of alkyl halides is 6. The quantitative estimate of drug-likeness (QED) is 0.288. The molecule has 2 aliphatic rings. The molecule has 3 aromatic rings. The molecule has 2 aromatic carbocycles. The average Bonchev–Trinajstić information content (AvgIpc) is 3.53. The van der Waals surface area contributed by atoms with Crippen molar-refractivity contribution in [3.05, 3.63) is 87.4 Å². The van der Waals surface area contributed by atoms with Gasteiger partial charge in [-0.05, 0) is 66.7 Å². The number of halogens is 6. The zero-order valence-electron chi connectivity index (χ0n) is 22.7. The number of nitrogen functional groups attached to an aromatic ring is 1. The minimum absolute atomic E-state index is 0.0343. The molecular weight excluding hydrogens is 578 g/mol. The summed E-state index contributed by atoms with van der Waals surface area (Å²) >= 11 is 1.16. The lowest BCUT2D eigenvalue weighted by atomic mass is 9.68. The van der Waals surface area contributed by atoms with Crippen LogP contribution in [0.15, 0.2) is 53.9 Å². The fourth-order valence-electron chi connectivity index (χ4n) is 6.10. The van der Waals surface area contributed by atoms with Gasteiger partial charge >= 0.3 is 12.4 Å². The van der Waals surface area contributed by atoms with Crippen LogP contribution in [0.5, 0.6) is 0 Å². The predicted octanol–water partition coefficient (Wildman–Crippen LogP) is 6.86. The molecule has 3 atom stereocenters. The van der Waals surface area contributed by atoms with Crippen LogP contribution < -0.4 is 11.1 Å². The van der Waals surface area contributed by atoms with Gasteiger partial charge in [0.25, 0.3) is 0 Å². The van der Waals surface area contributed by atoms with Gasteiger partial charge in [0.1, 0.15) is 0 Å². The van der Waals surface area contributed by atoms with Gasteiger partial charge in [0.15, 0.2) is 5.13 Å². The SMILES string of the molecule is C[C@H]1CN(CCC(C(=O)NCc2cc(C(F)(F)F)cc(C(F)(F)F)c2)c2csc(N)n2)CCC12C=Cc1ccccc12. The van der Waals surface area contributed by atoms with Crippen molar-refractivity contribution in [1.82, 2.24) is 15.2 Å². The number of nitrogens with two attached hydrogens (primary N) is 1. The molecule has 1 aliphatic carbocycles. The maximum Gasteiger partial charge on any atom is 0.416 e. The van der Waals surface area contributed by atoms with Crippen molar-refractivity contribution in [2.75, 3.05) is 25.4 Å². The van der Waals surface area contributed by atoms with Crippen LogP contribution in [0.4, 0.5) is 31.5 Å². The van der Waals surface area contributed by atoms with Crippen LogP contribution in [0.2, 0.25) is 0 Å². The largest absolute Gasteiger partial charge is 0.416 e. The van der Waals surface area contributed by atoms with Gasteiger partial charge in [0.2, 0.25) is 5.91 Å². The number of amides is 1. The Balaban J connectivity index is 1.27. The molecule has 1 amide bonds. The molecule has 224 valence electrons. The van der Waals surface area contributed by atoms with Crippen LogP contribution in [0.25, 0.3) is 6.08 Å². The average molecular weight is 609 g/mol. The van der Waals surface area contributed by atoms with Crippen molar-refractivity contribution in [1.29, 1.82) is 0 Å².